The van der Waals surface area contributed by atoms with Crippen LogP contribution in [-0.4, -0.2) is 31.1 Å². The number of halogens is 7. The first-order chi connectivity index (χ1) is 6.04. The number of carbonyl (C=O) groups excluding carboxylic acids is 1. The Balaban J connectivity index is 4.11. The summed E-state index contributed by atoms with van der Waals surface area (Å²) < 4.78 is 82.9. The zero-order valence-corrected chi connectivity index (χ0v) is 6.25. The number of esters is 1. The van der Waals surface area contributed by atoms with Crippen molar-refractivity contribution < 1.29 is 40.3 Å². The Morgan fingerprint density at radius 1 is 1.14 bits per heavy atom. The van der Waals surface area contributed by atoms with E-state index in [0.717, 1.165) is 0 Å². The first-order valence-electron chi connectivity index (χ1n) is 2.98. The van der Waals surface area contributed by atoms with Gasteiger partial charge in [0.05, 0.1) is 0 Å². The predicted molar refractivity (Wildman–Crippen MR) is 28.0 cm³/mol. The molecule has 0 heterocycles. The Kier molecular flexibility index (Phi) is 3.72. The van der Waals surface area contributed by atoms with E-state index in [1.165, 1.54) is 0 Å². The number of rotatable bonds is 2. The number of carbonyl (C=O) groups is 1. The van der Waals surface area contributed by atoms with Gasteiger partial charge in [0, 0.05) is 0 Å². The van der Waals surface area contributed by atoms with Gasteiger partial charge in [0.1, 0.15) is 0 Å². The minimum atomic E-state index is -5.55. The first-order valence-corrected chi connectivity index (χ1v) is 2.98. The molecule has 1 atom stereocenters. The van der Waals surface area contributed by atoms with E-state index < -0.39 is 31.1 Å². The van der Waals surface area contributed by atoms with E-state index in [9.17, 15) is 35.5 Å². The highest BCUT2D eigenvalue weighted by molar-refractivity contribution is 5.75. The Labute approximate surface area is 72.6 Å². The van der Waals surface area contributed by atoms with Crippen molar-refractivity contribution in [1.82, 2.24) is 0 Å². The van der Waals surface area contributed by atoms with Crippen LogP contribution in [0.3, 0.4) is 0 Å². The van der Waals surface area contributed by atoms with Gasteiger partial charge in [0.2, 0.25) is 0 Å². The molecule has 84 valence electrons. The van der Waals surface area contributed by atoms with Gasteiger partial charge in [-0.05, 0) is 0 Å². The average molecular weight is 228 g/mol. The molecule has 0 N–H and O–H groups in total. The van der Waals surface area contributed by atoms with E-state index >= 15 is 0 Å². The molecule has 0 aromatic heterocycles. The van der Waals surface area contributed by atoms with Crippen LogP contribution in [0, 0.1) is 0 Å². The summed E-state index contributed by atoms with van der Waals surface area (Å²) >= 11 is 0. The van der Waals surface area contributed by atoms with Crippen molar-refractivity contribution in [2.45, 2.75) is 18.5 Å². The standard InChI is InChI=1S/C5H3F7O2/c6-2(5(10,11)12)3(13)14-1-4(7,8)9/h2H,1H2. The summed E-state index contributed by atoms with van der Waals surface area (Å²) in [4.78, 5) is 10.0. The van der Waals surface area contributed by atoms with Crippen molar-refractivity contribution in [2.24, 2.45) is 0 Å². The third-order valence-electron chi connectivity index (χ3n) is 0.872. The van der Waals surface area contributed by atoms with Gasteiger partial charge in [-0.2, -0.15) is 26.3 Å². The molecule has 0 rings (SSSR count). The fourth-order valence-electron chi connectivity index (χ4n) is 0.360. The van der Waals surface area contributed by atoms with Crippen LogP contribution in [0.1, 0.15) is 0 Å². The normalized spacial score (nSPS) is 15.1. The maximum absolute atomic E-state index is 11.9. The lowest BCUT2D eigenvalue weighted by atomic mass is 10.4. The van der Waals surface area contributed by atoms with Crippen LogP contribution in [0.4, 0.5) is 30.7 Å². The smallest absolute Gasteiger partial charge is 0.430 e. The second-order valence-corrected chi connectivity index (χ2v) is 2.13. The lowest BCUT2D eigenvalue weighted by molar-refractivity contribution is -0.216. The van der Waals surface area contributed by atoms with Gasteiger partial charge in [-0.3, -0.25) is 0 Å². The fourth-order valence-corrected chi connectivity index (χ4v) is 0.360. The van der Waals surface area contributed by atoms with Crippen LogP contribution in [0.15, 0.2) is 0 Å². The highest BCUT2D eigenvalue weighted by Crippen LogP contribution is 2.24. The van der Waals surface area contributed by atoms with E-state index in [4.69, 9.17) is 0 Å². The zero-order chi connectivity index (χ0) is 11.6. The molecular formula is C5H3F7O2. The second-order valence-electron chi connectivity index (χ2n) is 2.13. The molecule has 0 bridgehead atoms. The van der Waals surface area contributed by atoms with Crippen molar-refractivity contribution in [2.75, 3.05) is 6.61 Å². The van der Waals surface area contributed by atoms with E-state index in [0.29, 0.717) is 0 Å². The van der Waals surface area contributed by atoms with Gasteiger partial charge in [-0.25, -0.2) is 9.18 Å². The van der Waals surface area contributed by atoms with Crippen LogP contribution in [0.5, 0.6) is 0 Å². The van der Waals surface area contributed by atoms with Crippen LogP contribution in [-0.2, 0) is 9.53 Å². The molecule has 2 nitrogen and oxygen atoms in total. The topological polar surface area (TPSA) is 26.3 Å². The Morgan fingerprint density at radius 2 is 1.57 bits per heavy atom. The van der Waals surface area contributed by atoms with Crippen LogP contribution >= 0.6 is 0 Å². The maximum atomic E-state index is 11.9. The molecule has 0 aliphatic rings. The third-order valence-corrected chi connectivity index (χ3v) is 0.872. The summed E-state index contributed by atoms with van der Waals surface area (Å²) in [5, 5.41) is 0. The number of hydrogen-bond acceptors (Lipinski definition) is 2. The molecule has 0 spiro atoms. The molecule has 0 saturated carbocycles. The van der Waals surface area contributed by atoms with Gasteiger partial charge < -0.3 is 4.74 Å². The molecule has 0 saturated heterocycles. The molecule has 0 aromatic carbocycles. The summed E-state index contributed by atoms with van der Waals surface area (Å²) in [6.07, 6.45) is -14.6. The van der Waals surface area contributed by atoms with Gasteiger partial charge in [0.25, 0.3) is 6.17 Å². The summed E-state index contributed by atoms with van der Waals surface area (Å²) in [5.41, 5.74) is 0. The number of hydrogen-bond donors (Lipinski definition) is 0. The molecule has 1 unspecified atom stereocenters. The summed E-state index contributed by atoms with van der Waals surface area (Å²) in [7, 11) is 0. The Hall–Kier alpha value is -1.02. The SMILES string of the molecule is O=C(OCC(F)(F)F)C(F)C(F)(F)F. The summed E-state index contributed by atoms with van der Waals surface area (Å²) in [6, 6.07) is 0. The van der Waals surface area contributed by atoms with Crippen molar-refractivity contribution in [3.63, 3.8) is 0 Å². The summed E-state index contributed by atoms with van der Waals surface area (Å²) in [5.74, 6) is -2.60. The fraction of sp³-hybridized carbons (Fsp3) is 0.800. The van der Waals surface area contributed by atoms with E-state index in [-0.39, 0.29) is 0 Å². The quantitative estimate of drug-likeness (QED) is 0.533. The highest BCUT2D eigenvalue weighted by Gasteiger charge is 2.47. The average Bonchev–Trinajstić information content (AvgIpc) is 1.95. The second kappa shape index (κ2) is 4.01. The molecule has 0 aromatic rings. The minimum Gasteiger partial charge on any atom is -0.454 e. The van der Waals surface area contributed by atoms with E-state index in [2.05, 4.69) is 4.74 Å². The minimum absolute atomic E-state index is 2.25. The van der Waals surface area contributed by atoms with Gasteiger partial charge in [0.15, 0.2) is 6.61 Å². The largest absolute Gasteiger partial charge is 0.454 e. The molecule has 0 aliphatic heterocycles. The molecule has 9 heteroatoms. The van der Waals surface area contributed by atoms with Crippen LogP contribution in [0.2, 0.25) is 0 Å². The monoisotopic (exact) mass is 228 g/mol. The van der Waals surface area contributed by atoms with E-state index in [1.54, 1.807) is 0 Å². The molecule has 14 heavy (non-hydrogen) atoms. The summed E-state index contributed by atoms with van der Waals surface area (Å²) in [6.45, 7) is -2.25. The molecule has 0 radical (unpaired) electrons. The van der Waals surface area contributed by atoms with Crippen molar-refractivity contribution in [1.29, 1.82) is 0 Å². The van der Waals surface area contributed by atoms with Gasteiger partial charge in [-0.1, -0.05) is 0 Å². The first kappa shape index (κ1) is 13.0. The molecular weight excluding hydrogens is 225 g/mol. The Morgan fingerprint density at radius 3 is 1.86 bits per heavy atom. The lowest BCUT2D eigenvalue weighted by Crippen LogP contribution is -2.35. The maximum Gasteiger partial charge on any atom is 0.430 e. The van der Waals surface area contributed by atoms with E-state index in [1.807, 2.05) is 0 Å². The van der Waals surface area contributed by atoms with Crippen molar-refractivity contribution in [3.05, 3.63) is 0 Å². The third kappa shape index (κ3) is 4.87. The predicted octanol–water partition coefficient (Wildman–Crippen LogP) is 1.99. The number of alkyl halides is 7. The lowest BCUT2D eigenvalue weighted by Gasteiger charge is -2.12. The highest BCUT2D eigenvalue weighted by atomic mass is 19.4. The number of ether oxygens (including phenoxy) is 1. The molecule has 0 amide bonds. The van der Waals surface area contributed by atoms with Crippen LogP contribution in [0.25, 0.3) is 0 Å². The molecule has 0 aliphatic carbocycles. The van der Waals surface area contributed by atoms with Crippen molar-refractivity contribution >= 4 is 5.97 Å². The van der Waals surface area contributed by atoms with Crippen LogP contribution < -0.4 is 0 Å². The van der Waals surface area contributed by atoms with Gasteiger partial charge in [-0.15, -0.1) is 0 Å². The Bertz CT molecular complexity index is 205. The van der Waals surface area contributed by atoms with Crippen molar-refractivity contribution in [3.8, 4) is 0 Å². The zero-order valence-electron chi connectivity index (χ0n) is 6.25. The molecule has 0 fully saturated rings. The van der Waals surface area contributed by atoms with Gasteiger partial charge >= 0.3 is 18.3 Å².